The zero-order valence-corrected chi connectivity index (χ0v) is 18.3. The first-order valence-corrected chi connectivity index (χ1v) is 10.4. The minimum atomic E-state index is -0.736. The average Bonchev–Trinajstić information content (AvgIpc) is 3.07. The molecule has 2 aromatic carbocycles. The summed E-state index contributed by atoms with van der Waals surface area (Å²) in [5.41, 5.74) is 2.75. The molecule has 0 fully saturated rings. The lowest BCUT2D eigenvalue weighted by Gasteiger charge is -2.27. The Morgan fingerprint density at radius 3 is 2.59 bits per heavy atom. The maximum atomic E-state index is 12.8. The van der Waals surface area contributed by atoms with Gasteiger partial charge in [-0.3, -0.25) is 4.79 Å². The average molecular weight is 435 g/mol. The molecule has 166 valence electrons. The number of hydrogen-bond acceptors (Lipinski definition) is 6. The molecule has 3 aromatic rings. The maximum absolute atomic E-state index is 12.8. The number of benzene rings is 2. The van der Waals surface area contributed by atoms with Gasteiger partial charge in [-0.25, -0.2) is 4.79 Å². The van der Waals surface area contributed by atoms with Crippen LogP contribution in [0.3, 0.4) is 0 Å². The number of para-hydroxylation sites is 3. The van der Waals surface area contributed by atoms with E-state index in [1.165, 1.54) is 6.07 Å². The first kappa shape index (κ1) is 21.5. The molecule has 1 aliphatic rings. The predicted molar refractivity (Wildman–Crippen MR) is 118 cm³/mol. The van der Waals surface area contributed by atoms with E-state index in [0.29, 0.717) is 30.0 Å². The van der Waals surface area contributed by atoms with Crippen LogP contribution in [-0.2, 0) is 11.3 Å². The van der Waals surface area contributed by atoms with Gasteiger partial charge >= 0.3 is 5.97 Å². The van der Waals surface area contributed by atoms with E-state index in [1.54, 1.807) is 25.1 Å². The van der Waals surface area contributed by atoms with Crippen LogP contribution in [0.4, 0.5) is 0 Å². The molecule has 1 aliphatic heterocycles. The van der Waals surface area contributed by atoms with Crippen LogP contribution in [0.2, 0.25) is 0 Å². The number of fused-ring (bicyclic) bond motifs is 1. The van der Waals surface area contributed by atoms with E-state index in [4.69, 9.17) is 14.2 Å². The predicted octanol–water partition coefficient (Wildman–Crippen LogP) is 4.00. The Kier molecular flexibility index (Phi) is 5.90. The monoisotopic (exact) mass is 435 g/mol. The number of aryl methyl sites for hydroxylation is 2. The van der Waals surface area contributed by atoms with Crippen molar-refractivity contribution in [3.8, 4) is 17.2 Å². The largest absolute Gasteiger partial charge is 0.507 e. The fourth-order valence-electron chi connectivity index (χ4n) is 3.83. The molecule has 1 atom stereocenters. The van der Waals surface area contributed by atoms with Crippen LogP contribution in [0, 0.1) is 20.8 Å². The molecule has 0 aliphatic carbocycles. The fourth-order valence-corrected chi connectivity index (χ4v) is 3.83. The number of Topliss-reactive ketones (excluding diaryl/α,β-unsaturated/α-hetero) is 1. The number of ketones is 1. The smallest absolute Gasteiger partial charge is 0.342 e. The fraction of sp³-hybridized carbons (Fsp3) is 0.280. The molecule has 4 rings (SSSR count). The Bertz CT molecular complexity index is 1180. The number of carbonyl (C=O) groups excluding carboxylic acids is 2. The van der Waals surface area contributed by atoms with Gasteiger partial charge in [-0.1, -0.05) is 24.3 Å². The zero-order chi connectivity index (χ0) is 22.8. The van der Waals surface area contributed by atoms with Gasteiger partial charge in [-0.2, -0.15) is 0 Å². The van der Waals surface area contributed by atoms with Crippen molar-refractivity contribution in [2.24, 2.45) is 0 Å². The van der Waals surface area contributed by atoms with E-state index in [-0.39, 0.29) is 23.2 Å². The van der Waals surface area contributed by atoms with E-state index in [0.717, 1.165) is 17.1 Å². The molecule has 0 amide bonds. The molecular weight excluding hydrogens is 410 g/mol. The van der Waals surface area contributed by atoms with Gasteiger partial charge in [0.05, 0.1) is 6.54 Å². The second-order valence-corrected chi connectivity index (χ2v) is 7.86. The summed E-state index contributed by atoms with van der Waals surface area (Å²) >= 11 is 0. The molecule has 7 nitrogen and oxygen atoms in total. The molecule has 0 saturated heterocycles. The molecule has 2 heterocycles. The SMILES string of the molecule is Cc1cccc(C(=O)OCC(=O)c2cc(C)n(CC3COc4ccccc4O3)c2C)c1O. The summed E-state index contributed by atoms with van der Waals surface area (Å²) in [7, 11) is 0. The number of rotatable bonds is 6. The van der Waals surface area contributed by atoms with E-state index in [9.17, 15) is 14.7 Å². The van der Waals surface area contributed by atoms with Crippen molar-refractivity contribution in [2.45, 2.75) is 33.4 Å². The Balaban J connectivity index is 1.43. The van der Waals surface area contributed by atoms with Crippen LogP contribution in [0.1, 0.15) is 37.7 Å². The Morgan fingerprint density at radius 1 is 1.06 bits per heavy atom. The molecule has 0 spiro atoms. The summed E-state index contributed by atoms with van der Waals surface area (Å²) in [6.07, 6.45) is -0.195. The quantitative estimate of drug-likeness (QED) is 0.465. The van der Waals surface area contributed by atoms with Crippen LogP contribution in [-0.4, -0.2) is 40.7 Å². The van der Waals surface area contributed by atoms with E-state index >= 15 is 0 Å². The number of aromatic nitrogens is 1. The van der Waals surface area contributed by atoms with Crippen molar-refractivity contribution in [3.63, 3.8) is 0 Å². The Morgan fingerprint density at radius 2 is 1.81 bits per heavy atom. The van der Waals surface area contributed by atoms with Crippen molar-refractivity contribution < 1.29 is 28.9 Å². The van der Waals surface area contributed by atoms with E-state index < -0.39 is 12.6 Å². The molecular formula is C25H25NO6. The second-order valence-electron chi connectivity index (χ2n) is 7.86. The second kappa shape index (κ2) is 8.78. The number of phenolic OH excluding ortho intramolecular Hbond substituents is 1. The summed E-state index contributed by atoms with van der Waals surface area (Å²) in [4.78, 5) is 25.1. The van der Waals surface area contributed by atoms with Gasteiger partial charge in [-0.05, 0) is 50.6 Å². The van der Waals surface area contributed by atoms with Gasteiger partial charge in [0.1, 0.15) is 17.9 Å². The minimum absolute atomic E-state index is 0.0398. The molecule has 1 aromatic heterocycles. The van der Waals surface area contributed by atoms with Crippen LogP contribution in [0.15, 0.2) is 48.5 Å². The number of phenols is 1. The van der Waals surface area contributed by atoms with Crippen molar-refractivity contribution >= 4 is 11.8 Å². The van der Waals surface area contributed by atoms with Gasteiger partial charge in [0.2, 0.25) is 5.78 Å². The number of hydrogen-bond donors (Lipinski definition) is 1. The molecule has 32 heavy (non-hydrogen) atoms. The van der Waals surface area contributed by atoms with Gasteiger partial charge in [0.15, 0.2) is 24.2 Å². The number of carbonyl (C=O) groups is 2. The van der Waals surface area contributed by atoms with Crippen molar-refractivity contribution in [1.82, 2.24) is 4.57 Å². The summed E-state index contributed by atoms with van der Waals surface area (Å²) in [6.45, 7) is 5.98. The number of aromatic hydroxyl groups is 1. The molecule has 0 radical (unpaired) electrons. The molecule has 1 unspecified atom stereocenters. The van der Waals surface area contributed by atoms with Crippen LogP contribution in [0.25, 0.3) is 0 Å². The van der Waals surface area contributed by atoms with Crippen molar-refractivity contribution in [3.05, 3.63) is 76.6 Å². The first-order chi connectivity index (χ1) is 15.3. The van der Waals surface area contributed by atoms with Gasteiger partial charge < -0.3 is 23.9 Å². The van der Waals surface area contributed by atoms with Crippen LogP contribution >= 0.6 is 0 Å². The highest BCUT2D eigenvalue weighted by molar-refractivity contribution is 6.01. The number of esters is 1. The third-order valence-electron chi connectivity index (χ3n) is 5.62. The lowest BCUT2D eigenvalue weighted by Crippen LogP contribution is -2.33. The van der Waals surface area contributed by atoms with Crippen molar-refractivity contribution in [1.29, 1.82) is 0 Å². The van der Waals surface area contributed by atoms with Crippen LogP contribution < -0.4 is 9.47 Å². The summed E-state index contributed by atoms with van der Waals surface area (Å²) in [5, 5.41) is 10.0. The normalized spacial score (nSPS) is 14.8. The minimum Gasteiger partial charge on any atom is -0.507 e. The molecule has 0 saturated carbocycles. The lowest BCUT2D eigenvalue weighted by molar-refractivity contribution is 0.0471. The van der Waals surface area contributed by atoms with Gasteiger partial charge in [-0.15, -0.1) is 0 Å². The Labute approximate surface area is 186 Å². The van der Waals surface area contributed by atoms with E-state index in [2.05, 4.69) is 0 Å². The first-order valence-electron chi connectivity index (χ1n) is 10.4. The summed E-state index contributed by atoms with van der Waals surface area (Å²) < 4.78 is 19.0. The highest BCUT2D eigenvalue weighted by Gasteiger charge is 2.24. The molecule has 7 heteroatoms. The van der Waals surface area contributed by atoms with Crippen LogP contribution in [0.5, 0.6) is 17.2 Å². The third-order valence-corrected chi connectivity index (χ3v) is 5.62. The zero-order valence-electron chi connectivity index (χ0n) is 18.3. The standard InChI is InChI=1S/C25H25NO6/c1-15-7-6-8-19(24(15)28)25(29)31-14-21(27)20-11-16(2)26(17(20)3)12-18-13-30-22-9-4-5-10-23(22)32-18/h4-11,18,28H,12-14H2,1-3H3. The van der Waals surface area contributed by atoms with Gasteiger partial charge in [0.25, 0.3) is 0 Å². The maximum Gasteiger partial charge on any atom is 0.342 e. The lowest BCUT2D eigenvalue weighted by atomic mass is 10.1. The molecule has 0 bridgehead atoms. The highest BCUT2D eigenvalue weighted by Crippen LogP contribution is 2.31. The van der Waals surface area contributed by atoms with Crippen molar-refractivity contribution in [2.75, 3.05) is 13.2 Å². The molecule has 1 N–H and O–H groups in total. The third kappa shape index (κ3) is 4.19. The van der Waals surface area contributed by atoms with Gasteiger partial charge in [0, 0.05) is 17.0 Å². The summed E-state index contributed by atoms with van der Waals surface area (Å²) in [5.74, 6) is 0.242. The Hall–Kier alpha value is -3.74. The highest BCUT2D eigenvalue weighted by atomic mass is 16.6. The topological polar surface area (TPSA) is 87.0 Å². The number of ether oxygens (including phenoxy) is 3. The summed E-state index contributed by atoms with van der Waals surface area (Å²) in [6, 6.07) is 14.1. The number of nitrogens with zero attached hydrogens (tertiary/aromatic N) is 1. The van der Waals surface area contributed by atoms with E-state index in [1.807, 2.05) is 42.7 Å².